The minimum absolute atomic E-state index is 0.0312. The van der Waals surface area contributed by atoms with Crippen molar-refractivity contribution in [3.63, 3.8) is 0 Å². The van der Waals surface area contributed by atoms with E-state index in [0.717, 1.165) is 11.1 Å². The molecule has 0 saturated carbocycles. The van der Waals surface area contributed by atoms with Crippen molar-refractivity contribution in [1.29, 1.82) is 0 Å². The van der Waals surface area contributed by atoms with Crippen LogP contribution in [0.4, 0.5) is 19.1 Å². The lowest BCUT2D eigenvalue weighted by Gasteiger charge is -2.24. The molecular weight excluding hydrogens is 661 g/mol. The van der Waals surface area contributed by atoms with Crippen LogP contribution in [-0.2, 0) is 25.5 Å². The van der Waals surface area contributed by atoms with Gasteiger partial charge < -0.3 is 25.1 Å². The normalized spacial score (nSPS) is 12.9. The molecule has 1 heterocycles. The van der Waals surface area contributed by atoms with Crippen LogP contribution in [0, 0.1) is 6.92 Å². The number of nitrogens with zero attached hydrogens (tertiary/aromatic N) is 2. The summed E-state index contributed by atoms with van der Waals surface area (Å²) in [5.74, 6) is -1.93. The Balaban J connectivity index is 1.32. The number of halogens is 3. The molecule has 4 N–H and O–H groups in total. The summed E-state index contributed by atoms with van der Waals surface area (Å²) in [6, 6.07) is 25.5. The molecule has 0 bridgehead atoms. The van der Waals surface area contributed by atoms with Crippen molar-refractivity contribution in [1.82, 2.24) is 9.97 Å². The molecule has 10 nitrogen and oxygen atoms in total. The summed E-state index contributed by atoms with van der Waals surface area (Å²) in [5.41, 5.74) is 15.0. The summed E-state index contributed by atoms with van der Waals surface area (Å²) in [7, 11) is -3.09. The highest BCUT2D eigenvalue weighted by molar-refractivity contribution is 7.87. The first-order valence-corrected chi connectivity index (χ1v) is 16.2. The van der Waals surface area contributed by atoms with Crippen LogP contribution in [-0.4, -0.2) is 43.7 Å². The fourth-order valence-electron chi connectivity index (χ4n) is 4.89. The van der Waals surface area contributed by atoms with Crippen LogP contribution in [0.5, 0.6) is 11.6 Å². The highest BCUT2D eigenvalue weighted by Crippen LogP contribution is 2.42. The zero-order valence-corrected chi connectivity index (χ0v) is 27.0. The van der Waals surface area contributed by atoms with Crippen molar-refractivity contribution in [2.75, 3.05) is 12.8 Å². The Morgan fingerprint density at radius 1 is 0.857 bits per heavy atom. The largest absolute Gasteiger partial charge is 0.496 e. The number of hydrogen-bond donors (Lipinski definition) is 2. The van der Waals surface area contributed by atoms with Crippen molar-refractivity contribution in [3.05, 3.63) is 120 Å². The maximum Gasteiger partial charge on any atom is 0.429 e. The number of carbonyl (C=O) groups is 1. The number of alkyl halides is 3. The third-order valence-electron chi connectivity index (χ3n) is 7.39. The molecular formula is C35H31F3N4O6S. The number of aromatic nitrogens is 2. The molecule has 0 fully saturated rings. The van der Waals surface area contributed by atoms with Crippen molar-refractivity contribution in [2.45, 2.75) is 36.6 Å². The van der Waals surface area contributed by atoms with Gasteiger partial charge in [-0.2, -0.15) is 26.6 Å². The van der Waals surface area contributed by atoms with E-state index in [4.69, 9.17) is 25.1 Å². The van der Waals surface area contributed by atoms with Crippen LogP contribution in [0.2, 0.25) is 0 Å². The molecule has 0 radical (unpaired) electrons. The number of aryl methyl sites for hydroxylation is 1. The minimum atomic E-state index is -4.86. The van der Waals surface area contributed by atoms with Gasteiger partial charge in [0.15, 0.2) is 0 Å². The first-order valence-electron chi connectivity index (χ1n) is 14.7. The van der Waals surface area contributed by atoms with E-state index in [1.54, 1.807) is 49.4 Å². The molecule has 254 valence electrons. The Hall–Kier alpha value is -5.47. The number of carbonyl (C=O) groups excluding carboxylic acids is 1. The van der Waals surface area contributed by atoms with Gasteiger partial charge in [-0.05, 0) is 48.2 Å². The first kappa shape index (κ1) is 34.9. The van der Waals surface area contributed by atoms with Gasteiger partial charge in [0.1, 0.15) is 16.7 Å². The molecule has 0 unspecified atom stereocenters. The highest BCUT2D eigenvalue weighted by Gasteiger charge is 2.45. The van der Waals surface area contributed by atoms with E-state index in [1.165, 1.54) is 37.4 Å². The summed E-state index contributed by atoms with van der Waals surface area (Å²) < 4.78 is 83.7. The van der Waals surface area contributed by atoms with Crippen molar-refractivity contribution >= 4 is 22.0 Å². The van der Waals surface area contributed by atoms with Crippen LogP contribution in [0.15, 0.2) is 108 Å². The lowest BCUT2D eigenvalue weighted by atomic mass is 10.0. The number of rotatable bonds is 11. The second-order valence-electron chi connectivity index (χ2n) is 11.0. The predicted molar refractivity (Wildman–Crippen MR) is 176 cm³/mol. The third-order valence-corrected chi connectivity index (χ3v) is 8.62. The molecule has 0 aliphatic rings. The van der Waals surface area contributed by atoms with Crippen LogP contribution >= 0.6 is 0 Å². The van der Waals surface area contributed by atoms with E-state index in [-0.39, 0.29) is 34.3 Å². The lowest BCUT2D eigenvalue weighted by molar-refractivity contribution is -0.199. The predicted octanol–water partition coefficient (Wildman–Crippen LogP) is 6.19. The molecule has 0 spiro atoms. The van der Waals surface area contributed by atoms with Gasteiger partial charge in [0, 0.05) is 17.2 Å². The quantitative estimate of drug-likeness (QED) is 0.153. The van der Waals surface area contributed by atoms with Crippen molar-refractivity contribution < 1.29 is 40.0 Å². The number of nitrogens with two attached hydrogens (primary N) is 2. The maximum atomic E-state index is 14.4. The Kier molecular flexibility index (Phi) is 10.2. The smallest absolute Gasteiger partial charge is 0.429 e. The van der Waals surface area contributed by atoms with Gasteiger partial charge in [-0.25, -0.2) is 9.78 Å². The Bertz CT molecular complexity index is 2040. The van der Waals surface area contributed by atoms with E-state index in [0.29, 0.717) is 16.7 Å². The summed E-state index contributed by atoms with van der Waals surface area (Å²) in [4.78, 5) is 20.3. The second kappa shape index (κ2) is 14.3. The van der Waals surface area contributed by atoms with Crippen LogP contribution in [0.1, 0.15) is 22.8 Å². The minimum Gasteiger partial charge on any atom is -0.496 e. The average Bonchev–Trinajstić information content (AvgIpc) is 3.07. The van der Waals surface area contributed by atoms with Crippen LogP contribution in [0.3, 0.4) is 0 Å². The number of hydrogen-bond acceptors (Lipinski definition) is 10. The number of ether oxygens (including phenoxy) is 2. The highest BCUT2D eigenvalue weighted by atomic mass is 32.2. The van der Waals surface area contributed by atoms with Gasteiger partial charge in [-0.15, -0.1) is 0 Å². The molecule has 1 aromatic heterocycles. The van der Waals surface area contributed by atoms with Crippen molar-refractivity contribution in [3.8, 4) is 34.0 Å². The van der Waals surface area contributed by atoms with E-state index in [1.807, 2.05) is 30.3 Å². The number of anilines is 1. The Labute approximate surface area is 280 Å². The average molecular weight is 693 g/mol. The first-order chi connectivity index (χ1) is 23.2. The molecule has 2 atom stereocenters. The van der Waals surface area contributed by atoms with E-state index >= 15 is 0 Å². The summed E-state index contributed by atoms with van der Waals surface area (Å²) in [6.07, 6.45) is -7.38. The second-order valence-corrected chi connectivity index (χ2v) is 12.5. The van der Waals surface area contributed by atoms with E-state index < -0.39 is 40.3 Å². The summed E-state index contributed by atoms with van der Waals surface area (Å²) in [5, 5.41) is 0. The van der Waals surface area contributed by atoms with Gasteiger partial charge in [-0.3, -0.25) is 0 Å². The maximum absolute atomic E-state index is 14.4. The van der Waals surface area contributed by atoms with Gasteiger partial charge in [0.05, 0.1) is 12.8 Å². The number of nitrogen functional groups attached to an aromatic ring is 1. The molecule has 4 aromatic carbocycles. The summed E-state index contributed by atoms with van der Waals surface area (Å²) >= 11 is 0. The molecule has 0 saturated heterocycles. The molecule has 5 aromatic rings. The molecule has 49 heavy (non-hydrogen) atoms. The third kappa shape index (κ3) is 8.52. The number of methoxy groups -OCH3 is 1. The summed E-state index contributed by atoms with van der Waals surface area (Å²) in [6.45, 7) is 1.78. The monoisotopic (exact) mass is 692 g/mol. The fraction of sp³-hybridized carbons (Fsp3) is 0.171. The molecule has 0 aliphatic carbocycles. The molecule has 5 rings (SSSR count). The van der Waals surface area contributed by atoms with Crippen LogP contribution < -0.4 is 20.9 Å². The standard InChI is InChI=1S/C35H31F3N4O6S/c1-21-8-15-26(16-9-21)49(44,45)48-33(43)28(39)18-22-10-12-24(13-11-22)29-20-31(42-34(40)41-29)47-32(35(36,37)38)27-17-14-25(19-30(27)46-2)23-6-4-3-5-7-23/h3-17,19-20,28,32H,18,39H2,1-2H3,(H2,40,41,42)/t28-,32+/m0/s1. The molecule has 0 amide bonds. The zero-order valence-electron chi connectivity index (χ0n) is 26.2. The van der Waals surface area contributed by atoms with E-state index in [2.05, 4.69) is 9.97 Å². The Morgan fingerprint density at radius 2 is 1.51 bits per heavy atom. The molecule has 14 heteroatoms. The SMILES string of the molecule is COc1cc(-c2ccccc2)ccc1[C@@H](Oc1cc(-c2ccc(C[C@H](N)C(=O)OS(=O)(=O)c3ccc(C)cc3)cc2)nc(N)n1)C(F)(F)F. The topological polar surface area (TPSA) is 157 Å². The fourth-order valence-corrected chi connectivity index (χ4v) is 5.79. The van der Waals surface area contributed by atoms with Gasteiger partial charge in [0.2, 0.25) is 17.9 Å². The van der Waals surface area contributed by atoms with Gasteiger partial charge in [-0.1, -0.05) is 84.4 Å². The van der Waals surface area contributed by atoms with Gasteiger partial charge in [0.25, 0.3) is 0 Å². The molecule has 0 aliphatic heterocycles. The van der Waals surface area contributed by atoms with Gasteiger partial charge >= 0.3 is 22.3 Å². The Morgan fingerprint density at radius 3 is 2.14 bits per heavy atom. The van der Waals surface area contributed by atoms with E-state index in [9.17, 15) is 26.4 Å². The number of benzene rings is 4. The lowest BCUT2D eigenvalue weighted by Crippen LogP contribution is -2.35. The zero-order chi connectivity index (χ0) is 35.3. The van der Waals surface area contributed by atoms with Crippen LogP contribution in [0.25, 0.3) is 22.4 Å². The van der Waals surface area contributed by atoms with Crippen molar-refractivity contribution in [2.24, 2.45) is 5.73 Å².